The predicted molar refractivity (Wildman–Crippen MR) is 143 cm³/mol. The van der Waals surface area contributed by atoms with Gasteiger partial charge in [0.05, 0.1) is 17.0 Å². The number of carbonyl (C=O) groups is 2. The summed E-state index contributed by atoms with van der Waals surface area (Å²) in [4.78, 5) is 28.2. The van der Waals surface area contributed by atoms with E-state index < -0.39 is 28.5 Å². The Morgan fingerprint density at radius 3 is 2.31 bits per heavy atom. The molecule has 0 heterocycles. The van der Waals surface area contributed by atoms with E-state index in [4.69, 9.17) is 11.6 Å². The molecular formula is C25H31BrClN3O4S. The van der Waals surface area contributed by atoms with Crippen molar-refractivity contribution in [2.45, 2.75) is 57.7 Å². The number of rotatable bonds is 9. The van der Waals surface area contributed by atoms with Gasteiger partial charge >= 0.3 is 0 Å². The third-order valence-electron chi connectivity index (χ3n) is 6.19. The van der Waals surface area contributed by atoms with Crippen LogP contribution in [0.4, 0.5) is 5.69 Å². The first kappa shape index (κ1) is 27.5. The average Bonchev–Trinajstić information content (AvgIpc) is 2.82. The monoisotopic (exact) mass is 583 g/mol. The SMILES string of the molecule is CC(C(=O)NC1CCCCC1)N(Cc1ccc(Br)cc1)C(=O)CN(c1ccccc1Cl)S(C)(=O)=O. The van der Waals surface area contributed by atoms with E-state index in [0.29, 0.717) is 0 Å². The second-order valence-corrected chi connectivity index (χ2v) is 12.1. The van der Waals surface area contributed by atoms with Crippen molar-refractivity contribution in [3.63, 3.8) is 0 Å². The maximum Gasteiger partial charge on any atom is 0.244 e. The summed E-state index contributed by atoms with van der Waals surface area (Å²) in [5.74, 6) is -0.740. The lowest BCUT2D eigenvalue weighted by molar-refractivity contribution is -0.139. The fraction of sp³-hybridized carbons (Fsp3) is 0.440. The number of sulfonamides is 1. The molecule has 0 radical (unpaired) electrons. The number of nitrogens with zero attached hydrogens (tertiary/aromatic N) is 2. The summed E-state index contributed by atoms with van der Waals surface area (Å²) in [6, 6.07) is 13.2. The molecule has 35 heavy (non-hydrogen) atoms. The minimum Gasteiger partial charge on any atom is -0.352 e. The van der Waals surface area contributed by atoms with Crippen LogP contribution >= 0.6 is 27.5 Å². The highest BCUT2D eigenvalue weighted by atomic mass is 79.9. The zero-order valence-electron chi connectivity index (χ0n) is 19.9. The lowest BCUT2D eigenvalue weighted by Gasteiger charge is -2.33. The second kappa shape index (κ2) is 12.2. The number of anilines is 1. The first-order valence-electron chi connectivity index (χ1n) is 11.6. The number of para-hydroxylation sites is 1. The number of halogens is 2. The van der Waals surface area contributed by atoms with Gasteiger partial charge in [-0.2, -0.15) is 0 Å². The van der Waals surface area contributed by atoms with E-state index in [2.05, 4.69) is 21.2 Å². The van der Waals surface area contributed by atoms with Crippen LogP contribution in [-0.4, -0.2) is 50.0 Å². The van der Waals surface area contributed by atoms with E-state index >= 15 is 0 Å². The van der Waals surface area contributed by atoms with Gasteiger partial charge in [-0.25, -0.2) is 8.42 Å². The Morgan fingerprint density at radius 2 is 1.71 bits per heavy atom. The molecule has 2 amide bonds. The zero-order valence-corrected chi connectivity index (χ0v) is 23.1. The van der Waals surface area contributed by atoms with Crippen LogP contribution in [0.1, 0.15) is 44.6 Å². The van der Waals surface area contributed by atoms with Crippen molar-refractivity contribution in [2.24, 2.45) is 0 Å². The molecule has 10 heteroatoms. The molecule has 1 aliphatic carbocycles. The molecule has 1 N–H and O–H groups in total. The van der Waals surface area contributed by atoms with Crippen molar-refractivity contribution in [2.75, 3.05) is 17.1 Å². The van der Waals surface area contributed by atoms with E-state index in [9.17, 15) is 18.0 Å². The van der Waals surface area contributed by atoms with Crippen molar-refractivity contribution in [1.29, 1.82) is 0 Å². The van der Waals surface area contributed by atoms with E-state index in [1.165, 1.54) is 11.3 Å². The lowest BCUT2D eigenvalue weighted by Crippen LogP contribution is -2.53. The molecule has 2 aromatic carbocycles. The number of hydrogen-bond acceptors (Lipinski definition) is 4. The maximum atomic E-state index is 13.6. The van der Waals surface area contributed by atoms with Crippen LogP contribution in [0.2, 0.25) is 5.02 Å². The maximum absolute atomic E-state index is 13.6. The van der Waals surface area contributed by atoms with Crippen LogP contribution in [-0.2, 0) is 26.2 Å². The van der Waals surface area contributed by atoms with Gasteiger partial charge in [0.15, 0.2) is 0 Å². The van der Waals surface area contributed by atoms with Crippen molar-refractivity contribution < 1.29 is 18.0 Å². The molecule has 1 fully saturated rings. The number of nitrogens with one attached hydrogen (secondary N) is 1. The van der Waals surface area contributed by atoms with Gasteiger partial charge in [-0.05, 0) is 49.6 Å². The number of amides is 2. The van der Waals surface area contributed by atoms with Gasteiger partial charge in [-0.3, -0.25) is 13.9 Å². The molecule has 1 saturated carbocycles. The molecule has 1 aliphatic rings. The molecule has 1 unspecified atom stereocenters. The number of hydrogen-bond donors (Lipinski definition) is 1. The van der Waals surface area contributed by atoms with Crippen LogP contribution in [0.5, 0.6) is 0 Å². The molecule has 0 spiro atoms. The minimum atomic E-state index is -3.82. The third-order valence-corrected chi connectivity index (χ3v) is 8.16. The van der Waals surface area contributed by atoms with Crippen molar-refractivity contribution in [3.05, 3.63) is 63.6 Å². The highest BCUT2D eigenvalue weighted by molar-refractivity contribution is 9.10. The second-order valence-electron chi connectivity index (χ2n) is 8.89. The third kappa shape index (κ3) is 7.69. The summed E-state index contributed by atoms with van der Waals surface area (Å²) >= 11 is 9.66. The van der Waals surface area contributed by atoms with Gasteiger partial charge in [-0.1, -0.05) is 71.1 Å². The standard InChI is InChI=1S/C25H31BrClN3O4S/c1-18(25(32)28-21-8-4-3-5-9-21)29(16-19-12-14-20(26)15-13-19)24(31)17-30(35(2,33)34)23-11-7-6-10-22(23)27/h6-7,10-15,18,21H,3-5,8-9,16-17H2,1-2H3,(H,28,32). The van der Waals surface area contributed by atoms with E-state index in [-0.39, 0.29) is 29.2 Å². The van der Waals surface area contributed by atoms with Gasteiger partial charge in [0, 0.05) is 17.1 Å². The highest BCUT2D eigenvalue weighted by Crippen LogP contribution is 2.27. The Hall–Kier alpha value is -2.10. The normalized spacial score (nSPS) is 15.3. The Kier molecular flexibility index (Phi) is 9.61. The quantitative estimate of drug-likeness (QED) is 0.462. The van der Waals surface area contributed by atoms with Gasteiger partial charge in [0.2, 0.25) is 21.8 Å². The molecule has 1 atom stereocenters. The molecular weight excluding hydrogens is 554 g/mol. The van der Waals surface area contributed by atoms with Crippen molar-refractivity contribution >= 4 is 55.1 Å². The van der Waals surface area contributed by atoms with E-state index in [0.717, 1.165) is 46.3 Å². The number of carbonyl (C=O) groups excluding carboxylic acids is 2. The molecule has 0 bridgehead atoms. The topological polar surface area (TPSA) is 86.8 Å². The van der Waals surface area contributed by atoms with Crippen LogP contribution in [0.25, 0.3) is 0 Å². The molecule has 190 valence electrons. The Labute approximate surface area is 221 Å². The first-order chi connectivity index (χ1) is 16.6. The van der Waals surface area contributed by atoms with Crippen LogP contribution < -0.4 is 9.62 Å². The summed E-state index contributed by atoms with van der Waals surface area (Å²) in [6.45, 7) is 1.36. The summed E-state index contributed by atoms with van der Waals surface area (Å²) < 4.78 is 27.1. The largest absolute Gasteiger partial charge is 0.352 e. The molecule has 0 saturated heterocycles. The van der Waals surface area contributed by atoms with Gasteiger partial charge in [-0.15, -0.1) is 0 Å². The summed E-state index contributed by atoms with van der Waals surface area (Å²) in [7, 11) is -3.82. The summed E-state index contributed by atoms with van der Waals surface area (Å²) in [6.07, 6.45) is 6.19. The van der Waals surface area contributed by atoms with Crippen molar-refractivity contribution in [1.82, 2.24) is 10.2 Å². The van der Waals surface area contributed by atoms with E-state index in [1.54, 1.807) is 31.2 Å². The molecule has 0 aliphatic heterocycles. The van der Waals surface area contributed by atoms with Crippen LogP contribution in [0, 0.1) is 0 Å². The minimum absolute atomic E-state index is 0.0963. The fourth-order valence-corrected chi connectivity index (χ4v) is 5.60. The average molecular weight is 585 g/mol. The summed E-state index contributed by atoms with van der Waals surface area (Å²) in [5.41, 5.74) is 1.04. The van der Waals surface area contributed by atoms with Crippen LogP contribution in [0.15, 0.2) is 53.0 Å². The van der Waals surface area contributed by atoms with Gasteiger partial charge < -0.3 is 10.2 Å². The highest BCUT2D eigenvalue weighted by Gasteiger charge is 2.31. The Morgan fingerprint density at radius 1 is 1.09 bits per heavy atom. The van der Waals surface area contributed by atoms with Gasteiger partial charge in [0.1, 0.15) is 12.6 Å². The first-order valence-corrected chi connectivity index (χ1v) is 14.6. The molecule has 7 nitrogen and oxygen atoms in total. The van der Waals surface area contributed by atoms with Crippen LogP contribution in [0.3, 0.4) is 0 Å². The summed E-state index contributed by atoms with van der Waals surface area (Å²) in [5, 5.41) is 3.30. The fourth-order valence-electron chi connectivity index (χ4n) is 4.19. The smallest absolute Gasteiger partial charge is 0.244 e. The zero-order chi connectivity index (χ0) is 25.6. The number of benzene rings is 2. The molecule has 2 aromatic rings. The molecule has 0 aromatic heterocycles. The van der Waals surface area contributed by atoms with Crippen molar-refractivity contribution in [3.8, 4) is 0 Å². The van der Waals surface area contributed by atoms with Gasteiger partial charge in [0.25, 0.3) is 0 Å². The predicted octanol–water partition coefficient (Wildman–Crippen LogP) is 4.73. The Bertz CT molecular complexity index is 1140. The van der Waals surface area contributed by atoms with E-state index in [1.807, 2.05) is 24.3 Å². The molecule has 3 rings (SSSR count). The lowest BCUT2D eigenvalue weighted by atomic mass is 9.95. The Balaban J connectivity index is 1.87.